The van der Waals surface area contributed by atoms with Gasteiger partial charge in [0.1, 0.15) is 6.29 Å². The zero-order valence-electron chi connectivity index (χ0n) is 21.7. The Hall–Kier alpha value is -2.80. The minimum absolute atomic E-state index is 0.213. The SMILES string of the molecule is C=C1C(COC)=C(C(C)C=O)C=C2c3nc4cc5c(cc4c(CNCCC(C)CO)c3CN12)CCC5. The first-order chi connectivity index (χ1) is 17.5. The van der Waals surface area contributed by atoms with Gasteiger partial charge in [0.05, 0.1) is 30.1 Å². The molecule has 2 atom stereocenters. The highest BCUT2D eigenvalue weighted by Crippen LogP contribution is 2.45. The second kappa shape index (κ2) is 10.3. The predicted molar refractivity (Wildman–Crippen MR) is 143 cm³/mol. The van der Waals surface area contributed by atoms with E-state index >= 15 is 0 Å². The molecular formula is C30H37N3O3. The van der Waals surface area contributed by atoms with Gasteiger partial charge in [0.25, 0.3) is 0 Å². The molecule has 3 aliphatic rings. The third kappa shape index (κ3) is 4.32. The first kappa shape index (κ1) is 24.9. The van der Waals surface area contributed by atoms with Crippen molar-refractivity contribution in [3.05, 3.63) is 69.6 Å². The maximum Gasteiger partial charge on any atom is 0.127 e. The summed E-state index contributed by atoms with van der Waals surface area (Å²) in [7, 11) is 1.68. The number of ether oxygens (including phenoxy) is 1. The Bertz CT molecular complexity index is 1280. The molecule has 190 valence electrons. The van der Waals surface area contributed by atoms with Crippen molar-refractivity contribution >= 4 is 22.9 Å². The standard InChI is InChI=1S/C30H37N3O3/c1-18(15-34)8-9-31-13-25-24-10-21-6-5-7-22(21)11-28(24)32-30-26(25)14-33-20(3)27(17-36-4)23(12-29(30)33)19(2)16-35/h10-12,16,18-19,31,34H,3,5-9,13-15,17H2,1-2,4H3. The molecule has 2 N–H and O–H groups in total. The average Bonchev–Trinajstić information content (AvgIpc) is 3.49. The number of pyridine rings is 1. The van der Waals surface area contributed by atoms with E-state index in [1.54, 1.807) is 7.11 Å². The molecule has 2 aromatic rings. The monoisotopic (exact) mass is 487 g/mol. The van der Waals surface area contributed by atoms with Crippen molar-refractivity contribution in [1.29, 1.82) is 0 Å². The molecule has 5 rings (SSSR count). The van der Waals surface area contributed by atoms with E-state index in [1.165, 1.54) is 34.1 Å². The summed E-state index contributed by atoms with van der Waals surface area (Å²) in [6.45, 7) is 11.4. The van der Waals surface area contributed by atoms with Gasteiger partial charge < -0.3 is 24.9 Å². The summed E-state index contributed by atoms with van der Waals surface area (Å²) in [6, 6.07) is 4.66. The van der Waals surface area contributed by atoms with Crippen LogP contribution in [-0.2, 0) is 35.5 Å². The molecule has 1 aliphatic carbocycles. The third-order valence-corrected chi connectivity index (χ3v) is 7.99. The van der Waals surface area contributed by atoms with Gasteiger partial charge in [-0.1, -0.05) is 20.4 Å². The summed E-state index contributed by atoms with van der Waals surface area (Å²) >= 11 is 0. The van der Waals surface area contributed by atoms with E-state index in [2.05, 4.69) is 41.9 Å². The molecule has 2 unspecified atom stereocenters. The summed E-state index contributed by atoms with van der Waals surface area (Å²) in [5.74, 6) is 0.0376. The number of aliphatic hydroxyl groups excluding tert-OH is 1. The third-order valence-electron chi connectivity index (χ3n) is 7.99. The van der Waals surface area contributed by atoms with Crippen LogP contribution in [0.1, 0.15) is 54.6 Å². The highest BCUT2D eigenvalue weighted by molar-refractivity contribution is 5.90. The van der Waals surface area contributed by atoms with Crippen molar-refractivity contribution in [3.8, 4) is 0 Å². The van der Waals surface area contributed by atoms with Crippen LogP contribution < -0.4 is 5.32 Å². The molecule has 0 amide bonds. The lowest BCUT2D eigenvalue weighted by Gasteiger charge is -2.31. The van der Waals surface area contributed by atoms with Gasteiger partial charge in [0.2, 0.25) is 0 Å². The van der Waals surface area contributed by atoms with Gasteiger partial charge in [0.15, 0.2) is 0 Å². The molecule has 0 saturated carbocycles. The zero-order chi connectivity index (χ0) is 25.4. The zero-order valence-corrected chi connectivity index (χ0v) is 21.7. The van der Waals surface area contributed by atoms with E-state index in [9.17, 15) is 9.90 Å². The van der Waals surface area contributed by atoms with E-state index < -0.39 is 0 Å². The largest absolute Gasteiger partial charge is 0.396 e. The number of hydrogen-bond acceptors (Lipinski definition) is 6. The quantitative estimate of drug-likeness (QED) is 0.385. The molecule has 2 aliphatic heterocycles. The minimum atomic E-state index is -0.246. The lowest BCUT2D eigenvalue weighted by molar-refractivity contribution is -0.109. The van der Waals surface area contributed by atoms with Crippen molar-refractivity contribution in [2.45, 2.75) is 52.6 Å². The predicted octanol–water partition coefficient (Wildman–Crippen LogP) is 4.29. The van der Waals surface area contributed by atoms with Crippen molar-refractivity contribution in [3.63, 3.8) is 0 Å². The first-order valence-electron chi connectivity index (χ1n) is 13.1. The normalized spacial score (nSPS) is 18.3. The van der Waals surface area contributed by atoms with Gasteiger partial charge >= 0.3 is 0 Å². The van der Waals surface area contributed by atoms with Crippen LogP contribution in [0.25, 0.3) is 16.6 Å². The molecule has 0 saturated heterocycles. The number of rotatable bonds is 10. The number of benzene rings is 1. The number of nitrogens with zero attached hydrogens (tertiary/aromatic N) is 2. The fourth-order valence-electron chi connectivity index (χ4n) is 5.79. The average molecular weight is 488 g/mol. The van der Waals surface area contributed by atoms with Crippen molar-refractivity contribution in [2.24, 2.45) is 11.8 Å². The molecule has 0 spiro atoms. The second-order valence-electron chi connectivity index (χ2n) is 10.5. The number of aryl methyl sites for hydroxylation is 2. The number of aldehydes is 1. The second-order valence-corrected chi connectivity index (χ2v) is 10.5. The summed E-state index contributed by atoms with van der Waals surface area (Å²) < 4.78 is 5.49. The fraction of sp³-hybridized carbons (Fsp3) is 0.467. The van der Waals surface area contributed by atoms with Crippen LogP contribution in [0.3, 0.4) is 0 Å². The highest BCUT2D eigenvalue weighted by atomic mass is 16.5. The number of fused-ring (bicyclic) bond motifs is 5. The lowest BCUT2D eigenvalue weighted by atomic mass is 9.91. The number of aliphatic hydroxyl groups is 1. The van der Waals surface area contributed by atoms with Crippen LogP contribution >= 0.6 is 0 Å². The van der Waals surface area contributed by atoms with E-state index in [0.29, 0.717) is 13.2 Å². The Morgan fingerprint density at radius 1 is 1.28 bits per heavy atom. The smallest absolute Gasteiger partial charge is 0.127 e. The molecule has 0 bridgehead atoms. The molecule has 3 heterocycles. The minimum Gasteiger partial charge on any atom is -0.396 e. The molecule has 0 fully saturated rings. The van der Waals surface area contributed by atoms with Crippen LogP contribution in [0.15, 0.2) is 41.6 Å². The van der Waals surface area contributed by atoms with Crippen LogP contribution in [0.4, 0.5) is 0 Å². The molecule has 1 aromatic carbocycles. The molecular weight excluding hydrogens is 450 g/mol. The van der Waals surface area contributed by atoms with Gasteiger partial charge in [-0.05, 0) is 78.6 Å². The van der Waals surface area contributed by atoms with Crippen LogP contribution in [0.2, 0.25) is 0 Å². The first-order valence-corrected chi connectivity index (χ1v) is 13.1. The van der Waals surface area contributed by atoms with E-state index in [0.717, 1.165) is 72.4 Å². The Morgan fingerprint density at radius 2 is 2.06 bits per heavy atom. The number of nitrogens with one attached hydrogen (secondary N) is 1. The number of carbonyl (C=O) groups is 1. The molecule has 36 heavy (non-hydrogen) atoms. The van der Waals surface area contributed by atoms with Crippen LogP contribution in [0, 0.1) is 11.8 Å². The highest BCUT2D eigenvalue weighted by Gasteiger charge is 2.36. The van der Waals surface area contributed by atoms with Crippen molar-refractivity contribution in [1.82, 2.24) is 15.2 Å². The topological polar surface area (TPSA) is 74.7 Å². The van der Waals surface area contributed by atoms with Gasteiger partial charge in [0, 0.05) is 48.4 Å². The summed E-state index contributed by atoms with van der Waals surface area (Å²) in [5.41, 5.74) is 11.3. The number of methoxy groups -OCH3 is 1. The van der Waals surface area contributed by atoms with Crippen LogP contribution in [-0.4, -0.2) is 48.1 Å². The van der Waals surface area contributed by atoms with Gasteiger partial charge in [-0.15, -0.1) is 0 Å². The van der Waals surface area contributed by atoms with E-state index in [-0.39, 0.29) is 18.4 Å². The van der Waals surface area contributed by atoms with Gasteiger partial charge in [-0.3, -0.25) is 0 Å². The summed E-state index contributed by atoms with van der Waals surface area (Å²) in [5, 5.41) is 14.3. The lowest BCUT2D eigenvalue weighted by Crippen LogP contribution is -2.24. The molecule has 6 nitrogen and oxygen atoms in total. The van der Waals surface area contributed by atoms with Crippen LogP contribution in [0.5, 0.6) is 0 Å². The Morgan fingerprint density at radius 3 is 2.78 bits per heavy atom. The number of aromatic nitrogens is 1. The molecule has 6 heteroatoms. The summed E-state index contributed by atoms with van der Waals surface area (Å²) in [6.07, 6.45) is 7.50. The maximum atomic E-state index is 11.8. The van der Waals surface area contributed by atoms with Gasteiger partial charge in [-0.25, -0.2) is 4.98 Å². The number of carbonyl (C=O) groups excluding carboxylic acids is 1. The maximum absolute atomic E-state index is 11.8. The van der Waals surface area contributed by atoms with E-state index in [4.69, 9.17) is 9.72 Å². The number of allylic oxidation sites excluding steroid dienone is 2. The number of hydrogen-bond donors (Lipinski definition) is 2. The molecule has 1 aromatic heterocycles. The van der Waals surface area contributed by atoms with Crippen molar-refractivity contribution < 1.29 is 14.6 Å². The summed E-state index contributed by atoms with van der Waals surface area (Å²) in [4.78, 5) is 19.2. The van der Waals surface area contributed by atoms with E-state index in [1.807, 2.05) is 6.92 Å². The van der Waals surface area contributed by atoms with Crippen molar-refractivity contribution in [2.75, 3.05) is 26.9 Å². The Labute approximate surface area is 213 Å². The Kier molecular flexibility index (Phi) is 7.11. The van der Waals surface area contributed by atoms with Gasteiger partial charge in [-0.2, -0.15) is 0 Å². The fourth-order valence-corrected chi connectivity index (χ4v) is 5.79. The Balaban J connectivity index is 1.61. The molecule has 0 radical (unpaired) electrons.